The molecule has 4 saturated carbocycles. The van der Waals surface area contributed by atoms with Crippen LogP contribution in [0.5, 0.6) is 0 Å². The van der Waals surface area contributed by atoms with Gasteiger partial charge in [-0.15, -0.1) is 0 Å². The van der Waals surface area contributed by atoms with Crippen LogP contribution in [0.1, 0.15) is 38.5 Å². The Morgan fingerprint density at radius 1 is 0.619 bits per heavy atom. The van der Waals surface area contributed by atoms with Gasteiger partial charge >= 0.3 is 0 Å². The number of hydrogen-bond donors (Lipinski definition) is 0. The van der Waals surface area contributed by atoms with Crippen molar-refractivity contribution in [3.63, 3.8) is 0 Å². The third-order valence-corrected chi connectivity index (χ3v) is 8.25. The molecule has 10 unspecified atom stereocenters. The maximum Gasteiger partial charge on any atom is 0.0615 e. The van der Waals surface area contributed by atoms with Gasteiger partial charge < -0.3 is 4.74 Å². The summed E-state index contributed by atoms with van der Waals surface area (Å²) in [6, 6.07) is 0. The molecule has 1 heteroatoms. The lowest BCUT2D eigenvalue weighted by atomic mass is 9.78. The van der Waals surface area contributed by atoms with Gasteiger partial charge in [0.05, 0.1) is 12.2 Å². The molecule has 0 radical (unpaired) electrons. The van der Waals surface area contributed by atoms with Gasteiger partial charge in [-0.05, 0) is 85.9 Å². The molecule has 112 valence electrons. The summed E-state index contributed by atoms with van der Waals surface area (Å²) in [5.41, 5.74) is 0. The van der Waals surface area contributed by atoms with Crippen molar-refractivity contribution in [2.75, 3.05) is 0 Å². The van der Waals surface area contributed by atoms with Crippen LogP contribution in [0, 0.1) is 47.3 Å². The van der Waals surface area contributed by atoms with E-state index < -0.39 is 0 Å². The van der Waals surface area contributed by atoms with E-state index in [1.807, 2.05) is 0 Å². The number of allylic oxidation sites excluding steroid dienone is 4. The number of fused-ring (bicyclic) bond motifs is 10. The van der Waals surface area contributed by atoms with Crippen molar-refractivity contribution < 1.29 is 4.74 Å². The Bertz CT molecular complexity index is 474. The summed E-state index contributed by atoms with van der Waals surface area (Å²) >= 11 is 0. The highest BCUT2D eigenvalue weighted by Gasteiger charge is 2.57. The highest BCUT2D eigenvalue weighted by molar-refractivity contribution is 5.17. The summed E-state index contributed by atoms with van der Waals surface area (Å²) in [4.78, 5) is 0. The molecule has 4 fully saturated rings. The summed E-state index contributed by atoms with van der Waals surface area (Å²) < 4.78 is 6.79. The lowest BCUT2D eigenvalue weighted by Crippen LogP contribution is -2.38. The Hall–Kier alpha value is -0.560. The molecule has 0 N–H and O–H groups in total. The van der Waals surface area contributed by atoms with Crippen LogP contribution in [0.2, 0.25) is 0 Å². The molecule has 6 aliphatic carbocycles. The Labute approximate surface area is 127 Å². The van der Waals surface area contributed by atoms with Crippen molar-refractivity contribution >= 4 is 0 Å². The average molecular weight is 282 g/mol. The van der Waals surface area contributed by atoms with E-state index in [9.17, 15) is 0 Å². The van der Waals surface area contributed by atoms with E-state index in [-0.39, 0.29) is 0 Å². The fourth-order valence-electron chi connectivity index (χ4n) is 7.51. The molecule has 0 heterocycles. The van der Waals surface area contributed by atoms with Gasteiger partial charge in [-0.25, -0.2) is 0 Å². The molecule has 6 rings (SSSR count). The van der Waals surface area contributed by atoms with Crippen LogP contribution in [0.4, 0.5) is 0 Å². The Kier molecular flexibility index (Phi) is 2.30. The first-order valence-electron chi connectivity index (χ1n) is 9.37. The first-order valence-corrected chi connectivity index (χ1v) is 9.37. The zero-order chi connectivity index (χ0) is 13.6. The Balaban J connectivity index is 1.19. The number of rotatable bonds is 2. The third kappa shape index (κ3) is 1.47. The molecular formula is C20H26O. The highest BCUT2D eigenvalue weighted by Crippen LogP contribution is 2.60. The maximum absolute atomic E-state index is 6.79. The van der Waals surface area contributed by atoms with E-state index in [0.29, 0.717) is 12.2 Å². The van der Waals surface area contributed by atoms with Crippen molar-refractivity contribution in [2.24, 2.45) is 47.3 Å². The molecule has 4 bridgehead atoms. The van der Waals surface area contributed by atoms with Gasteiger partial charge in [0.1, 0.15) is 0 Å². The van der Waals surface area contributed by atoms with Gasteiger partial charge in [0.25, 0.3) is 0 Å². The second-order valence-corrected chi connectivity index (χ2v) is 8.81. The van der Waals surface area contributed by atoms with E-state index in [1.54, 1.807) is 0 Å². The normalized spacial score (nSPS) is 61.9. The fourth-order valence-corrected chi connectivity index (χ4v) is 7.51. The van der Waals surface area contributed by atoms with E-state index >= 15 is 0 Å². The molecule has 0 spiro atoms. The van der Waals surface area contributed by atoms with Crippen molar-refractivity contribution in [1.82, 2.24) is 0 Å². The molecule has 6 aliphatic rings. The van der Waals surface area contributed by atoms with Gasteiger partial charge in [0, 0.05) is 0 Å². The third-order valence-electron chi connectivity index (χ3n) is 8.25. The molecule has 0 aliphatic heterocycles. The van der Waals surface area contributed by atoms with Crippen LogP contribution in [0.3, 0.4) is 0 Å². The molecule has 0 amide bonds. The maximum atomic E-state index is 6.79. The van der Waals surface area contributed by atoms with Crippen LogP contribution in [0.15, 0.2) is 24.3 Å². The van der Waals surface area contributed by atoms with E-state index in [1.165, 1.54) is 38.5 Å². The molecular weight excluding hydrogens is 256 g/mol. The average Bonchev–Trinajstić information content (AvgIpc) is 3.26. The lowest BCUT2D eigenvalue weighted by molar-refractivity contribution is -0.0844. The number of ether oxygens (including phenoxy) is 1. The minimum Gasteiger partial charge on any atom is -0.374 e. The van der Waals surface area contributed by atoms with E-state index in [0.717, 1.165) is 47.3 Å². The molecule has 10 atom stereocenters. The minimum absolute atomic E-state index is 0.604. The van der Waals surface area contributed by atoms with E-state index in [4.69, 9.17) is 4.74 Å². The van der Waals surface area contributed by atoms with Crippen LogP contribution >= 0.6 is 0 Å². The predicted octanol–water partition coefficient (Wildman–Crippen LogP) is 4.20. The van der Waals surface area contributed by atoms with Crippen molar-refractivity contribution in [2.45, 2.75) is 50.7 Å². The topological polar surface area (TPSA) is 9.23 Å². The molecule has 0 aromatic carbocycles. The second kappa shape index (κ2) is 4.04. The van der Waals surface area contributed by atoms with Crippen molar-refractivity contribution in [1.29, 1.82) is 0 Å². The smallest absolute Gasteiger partial charge is 0.0615 e. The monoisotopic (exact) mass is 282 g/mol. The molecule has 1 nitrogen and oxygen atoms in total. The summed E-state index contributed by atoms with van der Waals surface area (Å²) in [7, 11) is 0. The van der Waals surface area contributed by atoms with Gasteiger partial charge in [-0.2, -0.15) is 0 Å². The van der Waals surface area contributed by atoms with Gasteiger partial charge in [0.15, 0.2) is 0 Å². The highest BCUT2D eigenvalue weighted by atomic mass is 16.5. The van der Waals surface area contributed by atoms with E-state index in [2.05, 4.69) is 24.3 Å². The lowest BCUT2D eigenvalue weighted by Gasteiger charge is -2.37. The summed E-state index contributed by atoms with van der Waals surface area (Å²) in [6.07, 6.45) is 19.6. The van der Waals surface area contributed by atoms with Gasteiger partial charge in [0.2, 0.25) is 0 Å². The summed E-state index contributed by atoms with van der Waals surface area (Å²) in [5, 5.41) is 0. The summed E-state index contributed by atoms with van der Waals surface area (Å²) in [5.74, 6) is 7.46. The fraction of sp³-hybridized carbons (Fsp3) is 0.800. The SMILES string of the molecule is C1=CC2C(C1)C1CC(OC3CC4CC3C3C=CCC43)C2C1. The zero-order valence-electron chi connectivity index (χ0n) is 12.7. The Morgan fingerprint density at radius 2 is 1.14 bits per heavy atom. The standard InChI is InChI=1S/C20H26O/c1-3-13-11-7-17(15(13)5-1)19(9-11)21-20-10-12-8-18(20)16-6-2-4-14(12)16/h1-2,5-6,11-20H,3-4,7-10H2. The second-order valence-electron chi connectivity index (χ2n) is 8.81. The molecule has 21 heavy (non-hydrogen) atoms. The van der Waals surface area contributed by atoms with Gasteiger partial charge in [-0.3, -0.25) is 0 Å². The molecule has 0 aromatic rings. The first-order chi connectivity index (χ1) is 10.4. The van der Waals surface area contributed by atoms with Crippen LogP contribution in [-0.4, -0.2) is 12.2 Å². The Morgan fingerprint density at radius 3 is 1.67 bits per heavy atom. The zero-order valence-corrected chi connectivity index (χ0v) is 12.7. The van der Waals surface area contributed by atoms with Crippen LogP contribution < -0.4 is 0 Å². The molecule has 0 saturated heterocycles. The molecule has 0 aromatic heterocycles. The number of hydrogen-bond acceptors (Lipinski definition) is 1. The quantitative estimate of drug-likeness (QED) is 0.690. The summed E-state index contributed by atoms with van der Waals surface area (Å²) in [6.45, 7) is 0. The van der Waals surface area contributed by atoms with Crippen molar-refractivity contribution in [3.8, 4) is 0 Å². The largest absolute Gasteiger partial charge is 0.374 e. The first kappa shape index (κ1) is 11.9. The van der Waals surface area contributed by atoms with Gasteiger partial charge in [-0.1, -0.05) is 24.3 Å². The van der Waals surface area contributed by atoms with Crippen LogP contribution in [-0.2, 0) is 4.74 Å². The minimum atomic E-state index is 0.604. The van der Waals surface area contributed by atoms with Crippen molar-refractivity contribution in [3.05, 3.63) is 24.3 Å². The predicted molar refractivity (Wildman–Crippen MR) is 82.6 cm³/mol. The van der Waals surface area contributed by atoms with Crippen LogP contribution in [0.25, 0.3) is 0 Å².